The zero-order chi connectivity index (χ0) is 13.2. The molecule has 0 saturated heterocycles. The van der Waals surface area contributed by atoms with Crippen LogP contribution in [0.4, 0.5) is 0 Å². The lowest BCUT2D eigenvalue weighted by atomic mass is 10.4. The van der Waals surface area contributed by atoms with Gasteiger partial charge in [0.2, 0.25) is 6.29 Å². The fourth-order valence-corrected chi connectivity index (χ4v) is 2.15. The molecule has 0 spiro atoms. The van der Waals surface area contributed by atoms with Crippen molar-refractivity contribution in [3.05, 3.63) is 11.9 Å². The summed E-state index contributed by atoms with van der Waals surface area (Å²) < 4.78 is 12.8. The van der Waals surface area contributed by atoms with Gasteiger partial charge in [-0.15, -0.1) is 5.10 Å². The lowest BCUT2D eigenvalue weighted by Gasteiger charge is -2.13. The second-order valence-electron chi connectivity index (χ2n) is 3.70. The van der Waals surface area contributed by atoms with Gasteiger partial charge in [0.1, 0.15) is 5.69 Å². The Morgan fingerprint density at radius 3 is 2.61 bits per heavy atom. The number of hydrogen-bond acceptors (Lipinski definition) is 5. The van der Waals surface area contributed by atoms with Crippen molar-refractivity contribution in [2.45, 2.75) is 40.0 Å². The number of aromatic nitrogens is 3. The maximum Gasteiger partial charge on any atom is 0.204 e. The van der Waals surface area contributed by atoms with Gasteiger partial charge in [-0.05, 0) is 31.8 Å². The van der Waals surface area contributed by atoms with E-state index in [1.807, 2.05) is 36.5 Å². The number of rotatable bonds is 10. The molecule has 104 valence electrons. The van der Waals surface area contributed by atoms with Gasteiger partial charge in [0.15, 0.2) is 0 Å². The number of aryl methyl sites for hydroxylation is 1. The molecule has 0 aromatic carbocycles. The first-order valence-corrected chi connectivity index (χ1v) is 7.68. The first-order valence-electron chi connectivity index (χ1n) is 6.52. The third kappa shape index (κ3) is 5.37. The summed E-state index contributed by atoms with van der Waals surface area (Å²) in [6.45, 7) is 8.16. The Hall–Kier alpha value is -0.590. The number of thioether (sulfide) groups is 1. The molecule has 0 saturated carbocycles. The number of ether oxygens (including phenoxy) is 2. The fraction of sp³-hybridized carbons (Fsp3) is 0.833. The second kappa shape index (κ2) is 9.35. The summed E-state index contributed by atoms with van der Waals surface area (Å²) >= 11 is 1.95. The van der Waals surface area contributed by atoms with Crippen LogP contribution in [-0.2, 0) is 16.0 Å². The van der Waals surface area contributed by atoms with Gasteiger partial charge in [0.05, 0.1) is 6.20 Å². The van der Waals surface area contributed by atoms with Gasteiger partial charge in [-0.25, -0.2) is 0 Å². The topological polar surface area (TPSA) is 49.2 Å². The van der Waals surface area contributed by atoms with Gasteiger partial charge < -0.3 is 9.47 Å². The largest absolute Gasteiger partial charge is 0.347 e. The highest BCUT2D eigenvalue weighted by atomic mass is 32.2. The predicted octanol–water partition coefficient (Wildman–Crippen LogP) is 2.49. The highest BCUT2D eigenvalue weighted by molar-refractivity contribution is 7.99. The molecule has 0 atom stereocenters. The first kappa shape index (κ1) is 15.5. The maximum absolute atomic E-state index is 5.48. The average molecular weight is 273 g/mol. The van der Waals surface area contributed by atoms with Crippen LogP contribution in [0.2, 0.25) is 0 Å². The third-order valence-corrected chi connectivity index (χ3v) is 3.30. The van der Waals surface area contributed by atoms with E-state index in [1.165, 1.54) is 5.75 Å². The SMILES string of the molecule is CCOC(OCC)c1cn(CCCSCC)nn1. The van der Waals surface area contributed by atoms with E-state index in [0.29, 0.717) is 13.2 Å². The van der Waals surface area contributed by atoms with Crippen LogP contribution in [0, 0.1) is 0 Å². The highest BCUT2D eigenvalue weighted by Gasteiger charge is 2.15. The van der Waals surface area contributed by atoms with Crippen LogP contribution in [0.5, 0.6) is 0 Å². The van der Waals surface area contributed by atoms with E-state index in [0.717, 1.165) is 24.4 Å². The van der Waals surface area contributed by atoms with Crippen molar-refractivity contribution in [1.82, 2.24) is 15.0 Å². The minimum absolute atomic E-state index is 0.390. The molecule has 0 bridgehead atoms. The van der Waals surface area contributed by atoms with E-state index in [2.05, 4.69) is 17.2 Å². The van der Waals surface area contributed by atoms with Crippen molar-refractivity contribution in [2.75, 3.05) is 24.7 Å². The summed E-state index contributed by atoms with van der Waals surface area (Å²) in [6, 6.07) is 0. The Balaban J connectivity index is 2.44. The van der Waals surface area contributed by atoms with Gasteiger partial charge >= 0.3 is 0 Å². The van der Waals surface area contributed by atoms with Gasteiger partial charge in [0, 0.05) is 19.8 Å². The number of nitrogens with zero attached hydrogens (tertiary/aromatic N) is 3. The lowest BCUT2D eigenvalue weighted by Crippen LogP contribution is -2.09. The lowest BCUT2D eigenvalue weighted by molar-refractivity contribution is -0.142. The summed E-state index contributed by atoms with van der Waals surface area (Å²) in [5.41, 5.74) is 0.752. The Morgan fingerprint density at radius 2 is 2.00 bits per heavy atom. The Labute approximate surface area is 113 Å². The van der Waals surface area contributed by atoms with Crippen LogP contribution in [0.1, 0.15) is 39.2 Å². The molecular weight excluding hydrogens is 250 g/mol. The molecule has 0 aliphatic rings. The summed E-state index contributed by atoms with van der Waals surface area (Å²) in [5.74, 6) is 2.32. The quantitative estimate of drug-likeness (QED) is 0.484. The minimum Gasteiger partial charge on any atom is -0.347 e. The molecule has 0 amide bonds. The summed E-state index contributed by atoms with van der Waals surface area (Å²) in [6.07, 6.45) is 2.63. The molecule has 5 nitrogen and oxygen atoms in total. The smallest absolute Gasteiger partial charge is 0.204 e. The second-order valence-corrected chi connectivity index (χ2v) is 5.09. The molecular formula is C12H23N3O2S. The average Bonchev–Trinajstić information content (AvgIpc) is 2.83. The van der Waals surface area contributed by atoms with Gasteiger partial charge in [-0.3, -0.25) is 4.68 Å². The van der Waals surface area contributed by atoms with E-state index in [4.69, 9.17) is 9.47 Å². The summed E-state index contributed by atoms with van der Waals surface area (Å²) in [5, 5.41) is 8.21. The molecule has 6 heteroatoms. The summed E-state index contributed by atoms with van der Waals surface area (Å²) in [4.78, 5) is 0. The fourth-order valence-electron chi connectivity index (χ4n) is 1.53. The molecule has 0 aliphatic carbocycles. The molecule has 1 heterocycles. The van der Waals surface area contributed by atoms with Crippen molar-refractivity contribution in [2.24, 2.45) is 0 Å². The van der Waals surface area contributed by atoms with Gasteiger partial charge in [-0.2, -0.15) is 11.8 Å². The maximum atomic E-state index is 5.48. The Kier molecular flexibility index (Phi) is 8.04. The van der Waals surface area contributed by atoms with Crippen molar-refractivity contribution in [3.8, 4) is 0 Å². The van der Waals surface area contributed by atoms with E-state index >= 15 is 0 Å². The predicted molar refractivity (Wildman–Crippen MR) is 73.6 cm³/mol. The molecule has 1 rings (SSSR count). The van der Waals surface area contributed by atoms with E-state index in [-0.39, 0.29) is 0 Å². The Bertz CT molecular complexity index is 314. The normalized spacial score (nSPS) is 11.3. The van der Waals surface area contributed by atoms with Crippen LogP contribution < -0.4 is 0 Å². The van der Waals surface area contributed by atoms with Crippen molar-refractivity contribution >= 4 is 11.8 Å². The molecule has 0 fully saturated rings. The zero-order valence-corrected chi connectivity index (χ0v) is 12.3. The van der Waals surface area contributed by atoms with E-state index in [9.17, 15) is 0 Å². The molecule has 0 radical (unpaired) electrons. The van der Waals surface area contributed by atoms with Crippen LogP contribution in [0.25, 0.3) is 0 Å². The van der Waals surface area contributed by atoms with Crippen LogP contribution in [0.15, 0.2) is 6.20 Å². The molecule has 0 N–H and O–H groups in total. The minimum atomic E-state index is -0.390. The van der Waals surface area contributed by atoms with Crippen molar-refractivity contribution in [1.29, 1.82) is 0 Å². The van der Waals surface area contributed by atoms with Crippen LogP contribution in [0.3, 0.4) is 0 Å². The molecule has 1 aromatic rings. The van der Waals surface area contributed by atoms with Gasteiger partial charge in [0.25, 0.3) is 0 Å². The standard InChI is InChI=1S/C12H23N3O2S/c1-4-16-12(17-5-2)11-10-15(14-13-11)8-7-9-18-6-3/h10,12H,4-9H2,1-3H3. The molecule has 18 heavy (non-hydrogen) atoms. The summed E-state index contributed by atoms with van der Waals surface area (Å²) in [7, 11) is 0. The molecule has 0 unspecified atom stereocenters. The van der Waals surface area contributed by atoms with Gasteiger partial charge in [-0.1, -0.05) is 12.1 Å². The van der Waals surface area contributed by atoms with Crippen molar-refractivity contribution < 1.29 is 9.47 Å². The zero-order valence-electron chi connectivity index (χ0n) is 11.5. The molecule has 0 aliphatic heterocycles. The monoisotopic (exact) mass is 273 g/mol. The molecule has 1 aromatic heterocycles. The van der Waals surface area contributed by atoms with Crippen molar-refractivity contribution in [3.63, 3.8) is 0 Å². The van der Waals surface area contributed by atoms with Crippen LogP contribution in [-0.4, -0.2) is 39.7 Å². The first-order chi connectivity index (χ1) is 8.81. The highest BCUT2D eigenvalue weighted by Crippen LogP contribution is 2.15. The van der Waals surface area contributed by atoms with Crippen LogP contribution >= 0.6 is 11.8 Å². The third-order valence-electron chi connectivity index (χ3n) is 2.31. The van der Waals surface area contributed by atoms with E-state index in [1.54, 1.807) is 0 Å². The number of hydrogen-bond donors (Lipinski definition) is 0. The Morgan fingerprint density at radius 1 is 1.28 bits per heavy atom. The van der Waals surface area contributed by atoms with E-state index < -0.39 is 6.29 Å².